The van der Waals surface area contributed by atoms with Gasteiger partial charge in [0.15, 0.2) is 5.82 Å². The zero-order chi connectivity index (χ0) is 17.4. The third-order valence-electron chi connectivity index (χ3n) is 5.26. The number of anilines is 1. The van der Waals surface area contributed by atoms with Crippen LogP contribution in [0.15, 0.2) is 30.3 Å². The molecule has 0 N–H and O–H groups in total. The van der Waals surface area contributed by atoms with E-state index in [2.05, 4.69) is 0 Å². The highest BCUT2D eigenvalue weighted by molar-refractivity contribution is 5.80. The summed E-state index contributed by atoms with van der Waals surface area (Å²) in [7, 11) is 4.01. The van der Waals surface area contributed by atoms with E-state index in [-0.39, 0.29) is 5.92 Å². The molecule has 1 aliphatic carbocycles. The molecule has 1 aliphatic heterocycles. The van der Waals surface area contributed by atoms with Crippen molar-refractivity contribution in [3.63, 3.8) is 0 Å². The number of amides is 1. The Morgan fingerprint density at radius 1 is 1.16 bits per heavy atom. The van der Waals surface area contributed by atoms with Crippen LogP contribution in [-0.2, 0) is 17.8 Å². The van der Waals surface area contributed by atoms with E-state index in [0.29, 0.717) is 12.5 Å². The van der Waals surface area contributed by atoms with Gasteiger partial charge in [0.25, 0.3) is 0 Å². The number of fused-ring (bicyclic) bond motifs is 1. The molecule has 1 amide bonds. The molecule has 2 aromatic rings. The van der Waals surface area contributed by atoms with Crippen LogP contribution in [0.4, 0.5) is 5.82 Å². The van der Waals surface area contributed by atoms with Crippen molar-refractivity contribution in [2.24, 2.45) is 5.92 Å². The summed E-state index contributed by atoms with van der Waals surface area (Å²) in [5, 5.41) is 0. The predicted octanol–water partition coefficient (Wildman–Crippen LogP) is 2.89. The Kier molecular flexibility index (Phi) is 4.15. The molecular weight excluding hydrogens is 312 g/mol. The number of hydrogen-bond acceptors (Lipinski definition) is 4. The fourth-order valence-corrected chi connectivity index (χ4v) is 3.58. The van der Waals surface area contributed by atoms with Crippen LogP contribution in [0.3, 0.4) is 0 Å². The Bertz CT molecular complexity index is 784. The van der Waals surface area contributed by atoms with Crippen LogP contribution in [0.2, 0.25) is 0 Å². The monoisotopic (exact) mass is 336 g/mol. The Morgan fingerprint density at radius 2 is 1.92 bits per heavy atom. The number of carbonyl (C=O) groups is 1. The van der Waals surface area contributed by atoms with E-state index >= 15 is 0 Å². The van der Waals surface area contributed by atoms with Crippen molar-refractivity contribution >= 4 is 11.7 Å². The summed E-state index contributed by atoms with van der Waals surface area (Å²) >= 11 is 0. The van der Waals surface area contributed by atoms with Crippen molar-refractivity contribution in [2.75, 3.05) is 25.5 Å². The van der Waals surface area contributed by atoms with Gasteiger partial charge in [-0.05, 0) is 12.8 Å². The van der Waals surface area contributed by atoms with Crippen molar-refractivity contribution in [3.05, 3.63) is 41.6 Å². The van der Waals surface area contributed by atoms with Gasteiger partial charge in [-0.15, -0.1) is 0 Å². The molecule has 0 radical (unpaired) electrons. The summed E-state index contributed by atoms with van der Waals surface area (Å²) in [6, 6.07) is 10.1. The Balaban J connectivity index is 1.68. The number of aromatic nitrogens is 2. The maximum absolute atomic E-state index is 12.6. The number of rotatable bonds is 3. The van der Waals surface area contributed by atoms with Gasteiger partial charge in [-0.2, -0.15) is 0 Å². The van der Waals surface area contributed by atoms with E-state index in [1.54, 1.807) is 0 Å². The van der Waals surface area contributed by atoms with Gasteiger partial charge >= 0.3 is 0 Å². The van der Waals surface area contributed by atoms with Gasteiger partial charge in [-0.1, -0.05) is 36.8 Å². The highest BCUT2D eigenvalue weighted by atomic mass is 16.2. The molecule has 25 heavy (non-hydrogen) atoms. The molecule has 0 atom stereocenters. The summed E-state index contributed by atoms with van der Waals surface area (Å²) in [6.45, 7) is 1.40. The van der Waals surface area contributed by atoms with Gasteiger partial charge < -0.3 is 9.80 Å². The summed E-state index contributed by atoms with van der Waals surface area (Å²) in [4.78, 5) is 26.3. The first-order chi connectivity index (χ1) is 12.1. The standard InChI is InChI=1S/C20H24N4O/c1-23(2)19-16-13-24(20(25)15-9-6-10-15)12-11-17(16)21-18(22-19)14-7-4-3-5-8-14/h3-5,7-8,15H,6,9-13H2,1-2H3. The molecule has 5 nitrogen and oxygen atoms in total. The normalized spacial score (nSPS) is 17.0. The van der Waals surface area contributed by atoms with Crippen LogP contribution >= 0.6 is 0 Å². The Labute approximate surface area is 148 Å². The second-order valence-corrected chi connectivity index (χ2v) is 7.19. The second kappa shape index (κ2) is 6.47. The molecule has 1 aromatic carbocycles. The maximum atomic E-state index is 12.6. The lowest BCUT2D eigenvalue weighted by Gasteiger charge is -2.35. The molecule has 5 heteroatoms. The van der Waals surface area contributed by atoms with E-state index in [0.717, 1.165) is 54.3 Å². The molecule has 1 aromatic heterocycles. The fourth-order valence-electron chi connectivity index (χ4n) is 3.58. The van der Waals surface area contributed by atoms with Crippen LogP contribution in [0.1, 0.15) is 30.5 Å². The van der Waals surface area contributed by atoms with Crippen LogP contribution in [0, 0.1) is 5.92 Å². The van der Waals surface area contributed by atoms with E-state index in [1.165, 1.54) is 6.42 Å². The lowest BCUT2D eigenvalue weighted by Crippen LogP contribution is -2.42. The van der Waals surface area contributed by atoms with Gasteiger partial charge in [0.2, 0.25) is 5.91 Å². The molecular formula is C20H24N4O. The van der Waals surface area contributed by atoms with Gasteiger partial charge in [-0.25, -0.2) is 9.97 Å². The minimum Gasteiger partial charge on any atom is -0.362 e. The largest absolute Gasteiger partial charge is 0.362 e. The lowest BCUT2D eigenvalue weighted by molar-refractivity contribution is -0.139. The first-order valence-electron chi connectivity index (χ1n) is 9.05. The zero-order valence-electron chi connectivity index (χ0n) is 14.9. The number of benzene rings is 1. The second-order valence-electron chi connectivity index (χ2n) is 7.19. The Hall–Kier alpha value is -2.43. The SMILES string of the molecule is CN(C)c1nc(-c2ccccc2)nc2c1CN(C(=O)C1CCC1)CC2. The molecule has 2 heterocycles. The summed E-state index contributed by atoms with van der Waals surface area (Å²) in [6.07, 6.45) is 4.09. The first kappa shape index (κ1) is 16.1. The summed E-state index contributed by atoms with van der Waals surface area (Å²) < 4.78 is 0. The molecule has 4 rings (SSSR count). The molecule has 0 spiro atoms. The topological polar surface area (TPSA) is 49.3 Å². The van der Waals surface area contributed by atoms with Gasteiger partial charge in [0, 0.05) is 44.1 Å². The molecule has 130 valence electrons. The molecule has 2 aliphatic rings. The third kappa shape index (κ3) is 2.99. The van der Waals surface area contributed by atoms with E-state index in [9.17, 15) is 4.79 Å². The van der Waals surface area contributed by atoms with Crippen LogP contribution < -0.4 is 4.90 Å². The molecule has 0 unspecified atom stereocenters. The summed E-state index contributed by atoms with van der Waals surface area (Å²) in [5.41, 5.74) is 3.21. The maximum Gasteiger partial charge on any atom is 0.225 e. The average molecular weight is 336 g/mol. The molecule has 0 bridgehead atoms. The molecule has 1 fully saturated rings. The predicted molar refractivity (Wildman–Crippen MR) is 98.3 cm³/mol. The van der Waals surface area contributed by atoms with Crippen LogP contribution in [0.5, 0.6) is 0 Å². The quantitative estimate of drug-likeness (QED) is 0.865. The van der Waals surface area contributed by atoms with Gasteiger partial charge in [-0.3, -0.25) is 4.79 Å². The first-order valence-corrected chi connectivity index (χ1v) is 9.05. The Morgan fingerprint density at radius 3 is 2.56 bits per heavy atom. The number of nitrogens with zero attached hydrogens (tertiary/aromatic N) is 4. The van der Waals surface area contributed by atoms with Crippen molar-refractivity contribution in [1.29, 1.82) is 0 Å². The highest BCUT2D eigenvalue weighted by Crippen LogP contribution is 2.33. The van der Waals surface area contributed by atoms with Crippen molar-refractivity contribution in [2.45, 2.75) is 32.2 Å². The van der Waals surface area contributed by atoms with Crippen molar-refractivity contribution in [1.82, 2.24) is 14.9 Å². The van der Waals surface area contributed by atoms with Crippen LogP contribution in [0.25, 0.3) is 11.4 Å². The lowest BCUT2D eigenvalue weighted by atomic mass is 9.84. The van der Waals surface area contributed by atoms with Gasteiger partial charge in [0.1, 0.15) is 5.82 Å². The molecule has 1 saturated carbocycles. The van der Waals surface area contributed by atoms with Crippen molar-refractivity contribution < 1.29 is 4.79 Å². The summed E-state index contributed by atoms with van der Waals surface area (Å²) in [5.74, 6) is 2.25. The van der Waals surface area contributed by atoms with E-state index in [1.807, 2.05) is 54.2 Å². The van der Waals surface area contributed by atoms with E-state index in [4.69, 9.17) is 9.97 Å². The molecule has 0 saturated heterocycles. The average Bonchev–Trinajstić information content (AvgIpc) is 2.59. The zero-order valence-corrected chi connectivity index (χ0v) is 14.9. The van der Waals surface area contributed by atoms with Crippen LogP contribution in [-0.4, -0.2) is 41.4 Å². The fraction of sp³-hybridized carbons (Fsp3) is 0.450. The van der Waals surface area contributed by atoms with Gasteiger partial charge in [0.05, 0.1) is 12.2 Å². The number of hydrogen-bond donors (Lipinski definition) is 0. The highest BCUT2D eigenvalue weighted by Gasteiger charge is 2.33. The smallest absolute Gasteiger partial charge is 0.225 e. The third-order valence-corrected chi connectivity index (χ3v) is 5.26. The van der Waals surface area contributed by atoms with E-state index < -0.39 is 0 Å². The van der Waals surface area contributed by atoms with Crippen molar-refractivity contribution in [3.8, 4) is 11.4 Å². The minimum atomic E-state index is 0.244. The minimum absolute atomic E-state index is 0.244. The number of carbonyl (C=O) groups excluding carboxylic acids is 1.